The Kier molecular flexibility index (Phi) is 6.15. The van der Waals surface area contributed by atoms with E-state index in [1.54, 1.807) is 11.3 Å². The van der Waals surface area contributed by atoms with E-state index in [9.17, 15) is 4.79 Å². The van der Waals surface area contributed by atoms with E-state index < -0.39 is 0 Å². The van der Waals surface area contributed by atoms with Gasteiger partial charge in [0.1, 0.15) is 5.01 Å². The minimum Gasteiger partial charge on any atom is -0.350 e. The fourth-order valence-corrected chi connectivity index (χ4v) is 2.28. The lowest BCUT2D eigenvalue weighted by molar-refractivity contribution is -0.121. The fraction of sp³-hybridized carbons (Fsp3) is 0.667. The number of carbonyl (C=O) groups excluding carboxylic acids is 1. The molecular weight excluding hydrogens is 234 g/mol. The van der Waals surface area contributed by atoms with Gasteiger partial charge >= 0.3 is 0 Å². The first-order valence-electron chi connectivity index (χ1n) is 6.00. The topological polar surface area (TPSA) is 68.0 Å². The van der Waals surface area contributed by atoms with Crippen LogP contribution in [0.15, 0.2) is 6.20 Å². The average Bonchev–Trinajstić information content (AvgIpc) is 2.70. The number of thiazole rings is 1. The summed E-state index contributed by atoms with van der Waals surface area (Å²) in [5.74, 6) is 0.620. The van der Waals surface area contributed by atoms with E-state index in [1.165, 1.54) is 4.88 Å². The highest BCUT2D eigenvalue weighted by Gasteiger charge is 2.07. The van der Waals surface area contributed by atoms with Crippen LogP contribution in [0.1, 0.15) is 36.1 Å². The number of rotatable bonds is 7. The molecule has 1 unspecified atom stereocenters. The van der Waals surface area contributed by atoms with Crippen LogP contribution in [-0.2, 0) is 11.3 Å². The molecule has 17 heavy (non-hydrogen) atoms. The van der Waals surface area contributed by atoms with Crippen LogP contribution < -0.4 is 11.1 Å². The van der Waals surface area contributed by atoms with Crippen LogP contribution in [0.2, 0.25) is 0 Å². The quantitative estimate of drug-likeness (QED) is 0.781. The first-order valence-corrected chi connectivity index (χ1v) is 6.81. The standard InChI is InChI=1S/C12H21N3OS/c1-9(5-6-13)3-4-11(16)14-8-12-15-7-10(2)17-12/h7,9H,3-6,8,13H2,1-2H3,(H,14,16). The van der Waals surface area contributed by atoms with Crippen LogP contribution >= 0.6 is 11.3 Å². The minimum atomic E-state index is 0.0988. The van der Waals surface area contributed by atoms with Crippen LogP contribution in [0, 0.1) is 12.8 Å². The number of hydrogen-bond acceptors (Lipinski definition) is 4. The maximum Gasteiger partial charge on any atom is 0.220 e. The lowest BCUT2D eigenvalue weighted by Gasteiger charge is -2.09. The third kappa shape index (κ3) is 5.79. The Labute approximate surface area is 107 Å². The summed E-state index contributed by atoms with van der Waals surface area (Å²) in [5.41, 5.74) is 5.47. The van der Waals surface area contributed by atoms with Gasteiger partial charge in [0.2, 0.25) is 5.91 Å². The molecule has 0 radical (unpaired) electrons. The van der Waals surface area contributed by atoms with Crippen molar-refractivity contribution in [3.8, 4) is 0 Å². The molecule has 0 fully saturated rings. The Balaban J connectivity index is 2.17. The number of amides is 1. The molecule has 0 aliphatic carbocycles. The third-order valence-corrected chi connectivity index (χ3v) is 3.54. The van der Waals surface area contributed by atoms with Gasteiger partial charge in [0.15, 0.2) is 0 Å². The first-order chi connectivity index (χ1) is 8.11. The summed E-state index contributed by atoms with van der Waals surface area (Å²) in [5, 5.41) is 3.85. The van der Waals surface area contributed by atoms with Gasteiger partial charge in [-0.3, -0.25) is 4.79 Å². The average molecular weight is 255 g/mol. The van der Waals surface area contributed by atoms with E-state index in [0.717, 1.165) is 17.8 Å². The van der Waals surface area contributed by atoms with Gasteiger partial charge in [-0.1, -0.05) is 6.92 Å². The third-order valence-electron chi connectivity index (χ3n) is 2.63. The summed E-state index contributed by atoms with van der Waals surface area (Å²) in [6.07, 6.45) is 4.29. The van der Waals surface area contributed by atoms with Crippen LogP contribution in [0.25, 0.3) is 0 Å². The van der Waals surface area contributed by atoms with Gasteiger partial charge in [0.25, 0.3) is 0 Å². The molecule has 0 bridgehead atoms. The maximum atomic E-state index is 11.6. The summed E-state index contributed by atoms with van der Waals surface area (Å²) in [4.78, 5) is 16.9. The number of hydrogen-bond donors (Lipinski definition) is 2. The number of carbonyl (C=O) groups is 1. The Morgan fingerprint density at radius 2 is 2.35 bits per heavy atom. The summed E-state index contributed by atoms with van der Waals surface area (Å²) >= 11 is 1.62. The number of aromatic nitrogens is 1. The van der Waals surface area contributed by atoms with Crippen LogP contribution in [0.5, 0.6) is 0 Å². The van der Waals surface area contributed by atoms with E-state index in [2.05, 4.69) is 17.2 Å². The maximum absolute atomic E-state index is 11.6. The summed E-state index contributed by atoms with van der Waals surface area (Å²) in [6, 6.07) is 0. The van der Waals surface area contributed by atoms with E-state index in [1.807, 2.05) is 13.1 Å². The largest absolute Gasteiger partial charge is 0.350 e. The Morgan fingerprint density at radius 1 is 1.59 bits per heavy atom. The highest BCUT2D eigenvalue weighted by molar-refractivity contribution is 7.11. The molecule has 96 valence electrons. The van der Waals surface area contributed by atoms with Crippen molar-refractivity contribution in [2.75, 3.05) is 6.54 Å². The Bertz CT molecular complexity index is 351. The number of nitrogens with zero attached hydrogens (tertiary/aromatic N) is 1. The summed E-state index contributed by atoms with van der Waals surface area (Å²) in [6.45, 7) is 5.38. The number of nitrogens with two attached hydrogens (primary N) is 1. The van der Waals surface area contributed by atoms with Crippen molar-refractivity contribution >= 4 is 17.2 Å². The smallest absolute Gasteiger partial charge is 0.220 e. The van der Waals surface area contributed by atoms with Gasteiger partial charge in [-0.2, -0.15) is 0 Å². The summed E-state index contributed by atoms with van der Waals surface area (Å²) < 4.78 is 0. The van der Waals surface area contributed by atoms with Crippen molar-refractivity contribution in [3.05, 3.63) is 16.1 Å². The normalized spacial score (nSPS) is 12.4. The van der Waals surface area contributed by atoms with Crippen LogP contribution in [-0.4, -0.2) is 17.4 Å². The number of nitrogens with one attached hydrogen (secondary N) is 1. The van der Waals surface area contributed by atoms with Gasteiger partial charge in [0.05, 0.1) is 6.54 Å². The second-order valence-corrected chi connectivity index (χ2v) is 5.68. The molecule has 0 aliphatic rings. The first kappa shape index (κ1) is 14.1. The van der Waals surface area contributed by atoms with Crippen LogP contribution in [0.4, 0.5) is 0 Å². The highest BCUT2D eigenvalue weighted by Crippen LogP contribution is 2.11. The van der Waals surface area contributed by atoms with Gasteiger partial charge in [0, 0.05) is 17.5 Å². The molecule has 1 atom stereocenters. The molecule has 0 aliphatic heterocycles. The molecule has 0 saturated carbocycles. The molecule has 0 spiro atoms. The highest BCUT2D eigenvalue weighted by atomic mass is 32.1. The Morgan fingerprint density at radius 3 is 2.94 bits per heavy atom. The molecule has 0 saturated heterocycles. The molecule has 1 heterocycles. The predicted octanol–water partition coefficient (Wildman–Crippen LogP) is 1.83. The zero-order valence-corrected chi connectivity index (χ0v) is 11.3. The monoisotopic (exact) mass is 255 g/mol. The Hall–Kier alpha value is -0.940. The second kappa shape index (κ2) is 7.40. The van der Waals surface area contributed by atoms with E-state index in [0.29, 0.717) is 25.4 Å². The lowest BCUT2D eigenvalue weighted by atomic mass is 10.0. The molecule has 1 aromatic rings. The van der Waals surface area contributed by atoms with Crippen molar-refractivity contribution in [1.82, 2.24) is 10.3 Å². The van der Waals surface area contributed by atoms with E-state index in [4.69, 9.17) is 5.73 Å². The lowest BCUT2D eigenvalue weighted by Crippen LogP contribution is -2.23. The van der Waals surface area contributed by atoms with Crippen molar-refractivity contribution in [2.24, 2.45) is 11.7 Å². The molecular formula is C12H21N3OS. The van der Waals surface area contributed by atoms with Gasteiger partial charge < -0.3 is 11.1 Å². The SMILES string of the molecule is Cc1cnc(CNC(=O)CCC(C)CCN)s1. The molecule has 5 heteroatoms. The predicted molar refractivity (Wildman–Crippen MR) is 70.8 cm³/mol. The van der Waals surface area contributed by atoms with E-state index in [-0.39, 0.29) is 5.91 Å². The molecule has 3 N–H and O–H groups in total. The van der Waals surface area contributed by atoms with Crippen molar-refractivity contribution in [3.63, 3.8) is 0 Å². The van der Waals surface area contributed by atoms with E-state index >= 15 is 0 Å². The molecule has 1 amide bonds. The second-order valence-electron chi connectivity index (χ2n) is 4.36. The molecule has 0 aromatic carbocycles. The summed E-state index contributed by atoms with van der Waals surface area (Å²) in [7, 11) is 0. The van der Waals surface area contributed by atoms with Crippen LogP contribution in [0.3, 0.4) is 0 Å². The molecule has 1 rings (SSSR count). The van der Waals surface area contributed by atoms with Crippen molar-refractivity contribution in [1.29, 1.82) is 0 Å². The van der Waals surface area contributed by atoms with Gasteiger partial charge in [-0.25, -0.2) is 4.98 Å². The minimum absolute atomic E-state index is 0.0988. The molecule has 1 aromatic heterocycles. The van der Waals surface area contributed by atoms with Gasteiger partial charge in [-0.05, 0) is 32.2 Å². The van der Waals surface area contributed by atoms with Crippen molar-refractivity contribution < 1.29 is 4.79 Å². The van der Waals surface area contributed by atoms with Crippen molar-refractivity contribution in [2.45, 2.75) is 39.7 Å². The number of aryl methyl sites for hydroxylation is 1. The fourth-order valence-electron chi connectivity index (χ4n) is 1.55. The van der Waals surface area contributed by atoms with Gasteiger partial charge in [-0.15, -0.1) is 11.3 Å². The molecule has 4 nitrogen and oxygen atoms in total. The zero-order valence-electron chi connectivity index (χ0n) is 10.5. The zero-order chi connectivity index (χ0) is 12.7.